The molecule has 2 rings (SSSR count). The summed E-state index contributed by atoms with van der Waals surface area (Å²) < 4.78 is 11.4. The lowest BCUT2D eigenvalue weighted by Crippen LogP contribution is -2.24. The molecule has 2 heteroatoms. The minimum atomic E-state index is -0.541. The number of rotatable bonds is 2. The molecule has 1 fully saturated rings. The van der Waals surface area contributed by atoms with E-state index in [1.807, 2.05) is 13.0 Å². The standard InChI is InChI=1S/C13H18O2/c1-10(2)11-6-4-5-7-12(11)13(3)14-8-9-15-13/h4-7,10H,8-9H2,1-3H3. The van der Waals surface area contributed by atoms with Crippen LogP contribution in [0.15, 0.2) is 24.3 Å². The number of hydrogen-bond acceptors (Lipinski definition) is 2. The Hall–Kier alpha value is -0.860. The summed E-state index contributed by atoms with van der Waals surface area (Å²) in [5.41, 5.74) is 2.47. The van der Waals surface area contributed by atoms with E-state index in [9.17, 15) is 0 Å². The first-order valence-corrected chi connectivity index (χ1v) is 5.51. The van der Waals surface area contributed by atoms with Crippen LogP contribution in [0.3, 0.4) is 0 Å². The lowest BCUT2D eigenvalue weighted by Gasteiger charge is -2.26. The quantitative estimate of drug-likeness (QED) is 0.740. The van der Waals surface area contributed by atoms with Gasteiger partial charge < -0.3 is 9.47 Å². The van der Waals surface area contributed by atoms with Gasteiger partial charge in [0.2, 0.25) is 0 Å². The zero-order chi connectivity index (χ0) is 10.9. The van der Waals surface area contributed by atoms with Crippen molar-refractivity contribution in [3.63, 3.8) is 0 Å². The molecule has 1 aliphatic rings. The van der Waals surface area contributed by atoms with E-state index in [4.69, 9.17) is 9.47 Å². The lowest BCUT2D eigenvalue weighted by molar-refractivity contribution is -0.150. The van der Waals surface area contributed by atoms with Crippen LogP contribution in [0.2, 0.25) is 0 Å². The number of ether oxygens (including phenoxy) is 2. The average molecular weight is 206 g/mol. The Morgan fingerprint density at radius 3 is 2.33 bits per heavy atom. The van der Waals surface area contributed by atoms with E-state index < -0.39 is 5.79 Å². The second-order valence-corrected chi connectivity index (χ2v) is 4.38. The largest absolute Gasteiger partial charge is 0.344 e. The summed E-state index contributed by atoms with van der Waals surface area (Å²) in [6, 6.07) is 8.35. The molecule has 0 saturated carbocycles. The molecule has 1 aromatic rings. The topological polar surface area (TPSA) is 18.5 Å². The highest BCUT2D eigenvalue weighted by Gasteiger charge is 2.35. The van der Waals surface area contributed by atoms with Gasteiger partial charge in [-0.2, -0.15) is 0 Å². The van der Waals surface area contributed by atoms with Gasteiger partial charge in [0.05, 0.1) is 13.2 Å². The van der Waals surface area contributed by atoms with Crippen LogP contribution in [-0.4, -0.2) is 13.2 Å². The second kappa shape index (κ2) is 3.95. The molecule has 0 N–H and O–H groups in total. The zero-order valence-corrected chi connectivity index (χ0v) is 9.62. The Labute approximate surface area is 91.2 Å². The lowest BCUT2D eigenvalue weighted by atomic mass is 9.93. The SMILES string of the molecule is CC(C)c1ccccc1C1(C)OCCO1. The first-order chi connectivity index (χ1) is 7.13. The molecular formula is C13H18O2. The van der Waals surface area contributed by atoms with Crippen molar-refractivity contribution in [2.75, 3.05) is 13.2 Å². The van der Waals surface area contributed by atoms with Crippen molar-refractivity contribution >= 4 is 0 Å². The maximum Gasteiger partial charge on any atom is 0.192 e. The summed E-state index contributed by atoms with van der Waals surface area (Å²) in [7, 11) is 0. The van der Waals surface area contributed by atoms with Crippen molar-refractivity contribution in [2.45, 2.75) is 32.5 Å². The smallest absolute Gasteiger partial charge is 0.192 e. The highest BCUT2D eigenvalue weighted by molar-refractivity contribution is 5.33. The van der Waals surface area contributed by atoms with Crippen LogP contribution >= 0.6 is 0 Å². The molecule has 1 saturated heterocycles. The maximum atomic E-state index is 5.70. The third-order valence-corrected chi connectivity index (χ3v) is 2.91. The summed E-state index contributed by atoms with van der Waals surface area (Å²) in [4.78, 5) is 0. The van der Waals surface area contributed by atoms with E-state index >= 15 is 0 Å². The van der Waals surface area contributed by atoms with Gasteiger partial charge in [0.1, 0.15) is 0 Å². The van der Waals surface area contributed by atoms with Crippen LogP contribution in [0, 0.1) is 0 Å². The molecule has 0 amide bonds. The predicted octanol–water partition coefficient (Wildman–Crippen LogP) is 3.03. The van der Waals surface area contributed by atoms with Crippen LogP contribution in [-0.2, 0) is 15.3 Å². The minimum Gasteiger partial charge on any atom is -0.344 e. The van der Waals surface area contributed by atoms with Crippen LogP contribution in [0.5, 0.6) is 0 Å². The van der Waals surface area contributed by atoms with Crippen molar-refractivity contribution in [3.8, 4) is 0 Å². The van der Waals surface area contributed by atoms with E-state index in [-0.39, 0.29) is 0 Å². The number of hydrogen-bond donors (Lipinski definition) is 0. The van der Waals surface area contributed by atoms with Gasteiger partial charge in [-0.1, -0.05) is 38.1 Å². The van der Waals surface area contributed by atoms with Crippen LogP contribution in [0.25, 0.3) is 0 Å². The molecule has 1 heterocycles. The molecule has 1 aliphatic heterocycles. The molecule has 82 valence electrons. The summed E-state index contributed by atoms with van der Waals surface area (Å²) in [5.74, 6) is -0.0493. The molecule has 0 bridgehead atoms. The van der Waals surface area contributed by atoms with E-state index in [2.05, 4.69) is 32.0 Å². The molecular weight excluding hydrogens is 188 g/mol. The van der Waals surface area contributed by atoms with Crippen molar-refractivity contribution in [2.24, 2.45) is 0 Å². The van der Waals surface area contributed by atoms with Crippen molar-refractivity contribution < 1.29 is 9.47 Å². The number of benzene rings is 1. The highest BCUT2D eigenvalue weighted by Crippen LogP contribution is 2.35. The summed E-state index contributed by atoms with van der Waals surface area (Å²) in [6.07, 6.45) is 0. The van der Waals surface area contributed by atoms with Crippen molar-refractivity contribution in [1.29, 1.82) is 0 Å². The van der Waals surface area contributed by atoms with E-state index in [1.54, 1.807) is 0 Å². The van der Waals surface area contributed by atoms with Gasteiger partial charge >= 0.3 is 0 Å². The normalized spacial score (nSPS) is 19.7. The average Bonchev–Trinajstić information content (AvgIpc) is 2.66. The van der Waals surface area contributed by atoms with Gasteiger partial charge in [0.15, 0.2) is 5.79 Å². The Balaban J connectivity index is 2.42. The molecule has 1 aromatic carbocycles. The highest BCUT2D eigenvalue weighted by atomic mass is 16.7. The summed E-state index contributed by atoms with van der Waals surface area (Å²) in [5, 5.41) is 0. The molecule has 2 nitrogen and oxygen atoms in total. The zero-order valence-electron chi connectivity index (χ0n) is 9.62. The third-order valence-electron chi connectivity index (χ3n) is 2.91. The first-order valence-electron chi connectivity index (χ1n) is 5.51. The Morgan fingerprint density at radius 1 is 1.13 bits per heavy atom. The third kappa shape index (κ3) is 1.92. The molecule has 0 aliphatic carbocycles. The van der Waals surface area contributed by atoms with Crippen molar-refractivity contribution in [1.82, 2.24) is 0 Å². The van der Waals surface area contributed by atoms with Gasteiger partial charge in [-0.15, -0.1) is 0 Å². The minimum absolute atomic E-state index is 0.492. The molecule has 0 spiro atoms. The fourth-order valence-corrected chi connectivity index (χ4v) is 2.08. The Kier molecular flexibility index (Phi) is 2.81. The molecule has 0 atom stereocenters. The maximum absolute atomic E-state index is 5.70. The fourth-order valence-electron chi connectivity index (χ4n) is 2.08. The van der Waals surface area contributed by atoms with Gasteiger partial charge in [0, 0.05) is 5.56 Å². The van der Waals surface area contributed by atoms with E-state index in [1.165, 1.54) is 5.56 Å². The monoisotopic (exact) mass is 206 g/mol. The van der Waals surface area contributed by atoms with Gasteiger partial charge in [0.25, 0.3) is 0 Å². The first kappa shape index (κ1) is 10.7. The summed E-state index contributed by atoms with van der Waals surface area (Å²) >= 11 is 0. The molecule has 15 heavy (non-hydrogen) atoms. The van der Waals surface area contributed by atoms with Crippen molar-refractivity contribution in [3.05, 3.63) is 35.4 Å². The second-order valence-electron chi connectivity index (χ2n) is 4.38. The fraction of sp³-hybridized carbons (Fsp3) is 0.538. The Morgan fingerprint density at radius 2 is 1.73 bits per heavy atom. The van der Waals surface area contributed by atoms with Crippen LogP contribution in [0.1, 0.15) is 37.8 Å². The molecule has 0 unspecified atom stereocenters. The van der Waals surface area contributed by atoms with E-state index in [0.717, 1.165) is 5.56 Å². The van der Waals surface area contributed by atoms with E-state index in [0.29, 0.717) is 19.1 Å². The van der Waals surface area contributed by atoms with Gasteiger partial charge in [-0.25, -0.2) is 0 Å². The predicted molar refractivity (Wildman–Crippen MR) is 59.8 cm³/mol. The van der Waals surface area contributed by atoms with Gasteiger partial charge in [-0.05, 0) is 18.4 Å². The Bertz CT molecular complexity index is 338. The molecule has 0 radical (unpaired) electrons. The molecule has 0 aromatic heterocycles. The van der Waals surface area contributed by atoms with Crippen LogP contribution in [0.4, 0.5) is 0 Å². The summed E-state index contributed by atoms with van der Waals surface area (Å²) in [6.45, 7) is 7.75. The van der Waals surface area contributed by atoms with Crippen LogP contribution < -0.4 is 0 Å². The van der Waals surface area contributed by atoms with Gasteiger partial charge in [-0.3, -0.25) is 0 Å².